The molecule has 0 unspecified atom stereocenters. The molecule has 0 atom stereocenters. The number of rotatable bonds is 5. The molecule has 0 aromatic heterocycles. The van der Waals surface area contributed by atoms with Gasteiger partial charge in [0.1, 0.15) is 0 Å². The van der Waals surface area contributed by atoms with E-state index in [1.807, 2.05) is 18.7 Å². The molecule has 0 bridgehead atoms. The third-order valence-corrected chi connectivity index (χ3v) is 5.77. The quantitative estimate of drug-likeness (QED) is 0.795. The molecule has 1 heterocycles. The van der Waals surface area contributed by atoms with E-state index in [1.54, 1.807) is 11.8 Å². The minimum absolute atomic E-state index is 0.0437. The van der Waals surface area contributed by atoms with E-state index in [9.17, 15) is 9.59 Å². The Morgan fingerprint density at radius 2 is 1.73 bits per heavy atom. The number of thioether (sulfide) groups is 1. The van der Waals surface area contributed by atoms with Crippen LogP contribution in [-0.4, -0.2) is 41.6 Å². The number of benzene rings is 1. The third-order valence-electron chi connectivity index (χ3n) is 4.76. The van der Waals surface area contributed by atoms with Gasteiger partial charge in [0.15, 0.2) is 0 Å². The summed E-state index contributed by atoms with van der Waals surface area (Å²) in [7, 11) is 0. The summed E-state index contributed by atoms with van der Waals surface area (Å²) in [6.07, 6.45) is 1.68. The fourth-order valence-corrected chi connectivity index (χ4v) is 3.79. The summed E-state index contributed by atoms with van der Waals surface area (Å²) in [4.78, 5) is 27.3. The van der Waals surface area contributed by atoms with E-state index >= 15 is 0 Å². The van der Waals surface area contributed by atoms with E-state index in [0.717, 1.165) is 30.8 Å². The number of nitrogens with zero attached hydrogens (tertiary/aromatic N) is 1. The number of hydrogen-bond donors (Lipinski definition) is 1. The molecule has 0 aliphatic carbocycles. The lowest BCUT2D eigenvalue weighted by molar-refractivity contribution is -0.135. The molecule has 26 heavy (non-hydrogen) atoms. The number of carbonyl (C=O) groups is 2. The maximum atomic E-state index is 12.2. The van der Waals surface area contributed by atoms with Crippen molar-refractivity contribution in [1.82, 2.24) is 10.2 Å². The third kappa shape index (κ3) is 6.04. The van der Waals surface area contributed by atoms with Crippen LogP contribution >= 0.6 is 11.8 Å². The molecule has 5 heteroatoms. The van der Waals surface area contributed by atoms with Crippen LogP contribution in [0.3, 0.4) is 0 Å². The van der Waals surface area contributed by atoms with E-state index in [0.29, 0.717) is 5.75 Å². The Balaban J connectivity index is 1.74. The molecule has 1 aliphatic heterocycles. The maximum Gasteiger partial charge on any atom is 0.230 e. The summed E-state index contributed by atoms with van der Waals surface area (Å²) in [6.45, 7) is 11.9. The Labute approximate surface area is 162 Å². The SMILES string of the molecule is CC(C)C(=O)N1CCC(NC(=O)CSc2ccc(C(C)(C)C)cc2)CC1. The first-order valence-corrected chi connectivity index (χ1v) is 10.5. The summed E-state index contributed by atoms with van der Waals surface area (Å²) < 4.78 is 0. The van der Waals surface area contributed by atoms with Crippen molar-refractivity contribution >= 4 is 23.6 Å². The second-order valence-corrected chi connectivity index (χ2v) is 9.43. The summed E-state index contributed by atoms with van der Waals surface area (Å²) >= 11 is 1.57. The van der Waals surface area contributed by atoms with E-state index < -0.39 is 0 Å². The van der Waals surface area contributed by atoms with Gasteiger partial charge in [-0.3, -0.25) is 9.59 Å². The van der Waals surface area contributed by atoms with Gasteiger partial charge in [-0.05, 0) is 36.0 Å². The standard InChI is InChI=1S/C21H32N2O2S/c1-15(2)20(25)23-12-10-17(11-13-23)22-19(24)14-26-18-8-6-16(7-9-18)21(3,4)5/h6-9,15,17H,10-14H2,1-5H3,(H,22,24). The highest BCUT2D eigenvalue weighted by atomic mass is 32.2. The van der Waals surface area contributed by atoms with Crippen molar-refractivity contribution in [3.05, 3.63) is 29.8 Å². The number of amides is 2. The minimum atomic E-state index is 0.0437. The molecule has 1 aliphatic rings. The molecule has 2 rings (SSSR count). The van der Waals surface area contributed by atoms with Crippen molar-refractivity contribution < 1.29 is 9.59 Å². The van der Waals surface area contributed by atoms with Crippen molar-refractivity contribution in [2.24, 2.45) is 5.92 Å². The molecule has 0 saturated carbocycles. The molecule has 4 nitrogen and oxygen atoms in total. The Morgan fingerprint density at radius 3 is 2.23 bits per heavy atom. The molecule has 0 radical (unpaired) electrons. The summed E-state index contributed by atoms with van der Waals surface area (Å²) in [5.74, 6) is 0.759. The van der Waals surface area contributed by atoms with Crippen LogP contribution in [0.5, 0.6) is 0 Å². The van der Waals surface area contributed by atoms with Crippen LogP contribution < -0.4 is 5.32 Å². The molecule has 1 aromatic rings. The van der Waals surface area contributed by atoms with E-state index in [1.165, 1.54) is 5.56 Å². The van der Waals surface area contributed by atoms with Crippen LogP contribution in [0.2, 0.25) is 0 Å². The summed E-state index contributed by atoms with van der Waals surface area (Å²) in [6, 6.07) is 8.65. The average Bonchev–Trinajstić information content (AvgIpc) is 2.59. The Hall–Kier alpha value is -1.49. The van der Waals surface area contributed by atoms with Crippen molar-refractivity contribution in [3.8, 4) is 0 Å². The van der Waals surface area contributed by atoms with Gasteiger partial charge in [-0.2, -0.15) is 0 Å². The zero-order chi connectivity index (χ0) is 19.3. The van der Waals surface area contributed by atoms with Gasteiger partial charge in [-0.25, -0.2) is 0 Å². The summed E-state index contributed by atoms with van der Waals surface area (Å²) in [5, 5.41) is 3.12. The smallest absolute Gasteiger partial charge is 0.230 e. The van der Waals surface area contributed by atoms with Crippen molar-refractivity contribution in [1.29, 1.82) is 0 Å². The van der Waals surface area contributed by atoms with Crippen LogP contribution in [0.4, 0.5) is 0 Å². The topological polar surface area (TPSA) is 49.4 Å². The lowest BCUT2D eigenvalue weighted by atomic mass is 9.87. The predicted molar refractivity (Wildman–Crippen MR) is 108 cm³/mol. The molecular weight excluding hydrogens is 344 g/mol. The molecule has 0 spiro atoms. The Morgan fingerprint density at radius 1 is 1.15 bits per heavy atom. The van der Waals surface area contributed by atoms with E-state index in [-0.39, 0.29) is 29.2 Å². The number of likely N-dealkylation sites (tertiary alicyclic amines) is 1. The average molecular weight is 377 g/mol. The van der Waals surface area contributed by atoms with Crippen LogP contribution in [0.25, 0.3) is 0 Å². The zero-order valence-electron chi connectivity index (χ0n) is 16.7. The second kappa shape index (κ2) is 8.94. The highest BCUT2D eigenvalue weighted by Crippen LogP contribution is 2.25. The predicted octanol–water partition coefficient (Wildman–Crippen LogP) is 3.84. The van der Waals surface area contributed by atoms with Crippen molar-refractivity contribution in [2.75, 3.05) is 18.8 Å². The lowest BCUT2D eigenvalue weighted by Crippen LogP contribution is -2.47. The molecule has 2 amide bonds. The Kier molecular flexibility index (Phi) is 7.16. The number of nitrogens with one attached hydrogen (secondary N) is 1. The van der Waals surface area contributed by atoms with Gasteiger partial charge in [0.2, 0.25) is 11.8 Å². The Bertz CT molecular complexity index is 612. The fourth-order valence-electron chi connectivity index (χ4n) is 3.08. The van der Waals surface area contributed by atoms with Gasteiger partial charge in [-0.1, -0.05) is 46.8 Å². The molecule has 1 saturated heterocycles. The molecular formula is C21H32N2O2S. The zero-order valence-corrected chi connectivity index (χ0v) is 17.5. The highest BCUT2D eigenvalue weighted by Gasteiger charge is 2.25. The number of carbonyl (C=O) groups excluding carboxylic acids is 2. The molecule has 1 aromatic carbocycles. The minimum Gasteiger partial charge on any atom is -0.353 e. The first-order chi connectivity index (χ1) is 12.2. The second-order valence-electron chi connectivity index (χ2n) is 8.38. The molecule has 1 N–H and O–H groups in total. The normalized spacial score (nSPS) is 16.0. The monoisotopic (exact) mass is 376 g/mol. The molecule has 1 fully saturated rings. The van der Waals surface area contributed by atoms with Crippen molar-refractivity contribution in [3.63, 3.8) is 0 Å². The van der Waals surface area contributed by atoms with Crippen molar-refractivity contribution in [2.45, 2.75) is 63.8 Å². The van der Waals surface area contributed by atoms with Crippen LogP contribution in [0.1, 0.15) is 53.0 Å². The summed E-state index contributed by atoms with van der Waals surface area (Å²) in [5.41, 5.74) is 1.45. The van der Waals surface area contributed by atoms with Crippen LogP contribution in [0, 0.1) is 5.92 Å². The van der Waals surface area contributed by atoms with Gasteiger partial charge in [-0.15, -0.1) is 11.8 Å². The van der Waals surface area contributed by atoms with Gasteiger partial charge in [0.25, 0.3) is 0 Å². The van der Waals surface area contributed by atoms with Gasteiger partial charge in [0, 0.05) is 29.9 Å². The first-order valence-electron chi connectivity index (χ1n) is 9.48. The first kappa shape index (κ1) is 20.8. The lowest BCUT2D eigenvalue weighted by Gasteiger charge is -2.33. The number of hydrogen-bond acceptors (Lipinski definition) is 3. The van der Waals surface area contributed by atoms with E-state index in [2.05, 4.69) is 50.4 Å². The number of piperidine rings is 1. The largest absolute Gasteiger partial charge is 0.353 e. The van der Waals surface area contributed by atoms with Gasteiger partial charge in [0.05, 0.1) is 5.75 Å². The molecule has 144 valence electrons. The van der Waals surface area contributed by atoms with E-state index in [4.69, 9.17) is 0 Å². The maximum absolute atomic E-state index is 12.2. The van der Waals surface area contributed by atoms with Gasteiger partial charge < -0.3 is 10.2 Å². The van der Waals surface area contributed by atoms with Gasteiger partial charge >= 0.3 is 0 Å². The highest BCUT2D eigenvalue weighted by molar-refractivity contribution is 8.00. The van der Waals surface area contributed by atoms with Crippen LogP contribution in [-0.2, 0) is 15.0 Å². The fraction of sp³-hybridized carbons (Fsp3) is 0.619. The van der Waals surface area contributed by atoms with Crippen LogP contribution in [0.15, 0.2) is 29.2 Å².